The number of imidazole rings is 1. The standard InChI is InChI=1S/C36H53N7O10S/c1-21(2)43-27-17-13-15-24(33(47)48)29(27)39-34(43)52-23-19-28(30(37)44)42(20-23)32(46)26(38-35(49)53-36(3,4)5)16-12-10-8-9-11-14-22-18-25(22)31(45)40-54(50,51)41(6)7/h11,13-15,17,21-23,25-26,28H,8-10,12,16,18-20H2,1-7H3,(H2,37,44)(H,38,49)(H,40,45)(H,47,48)/b14-11-/t22-,23-,25+,26+,28+/m1/s1. The van der Waals surface area contributed by atoms with Crippen LogP contribution in [0.25, 0.3) is 11.0 Å². The molecule has 2 fully saturated rings. The highest BCUT2D eigenvalue weighted by molar-refractivity contribution is 7.87. The van der Waals surface area contributed by atoms with Crippen molar-refractivity contribution in [1.82, 2.24) is 28.8 Å². The monoisotopic (exact) mass is 775 g/mol. The van der Waals surface area contributed by atoms with E-state index in [4.69, 9.17) is 15.2 Å². The maximum absolute atomic E-state index is 14.1. The molecule has 1 aromatic heterocycles. The maximum atomic E-state index is 14.1. The van der Waals surface area contributed by atoms with Gasteiger partial charge in [0.05, 0.1) is 17.6 Å². The molecule has 0 spiro atoms. The number of para-hydroxylation sites is 1. The quantitative estimate of drug-likeness (QED) is 0.135. The van der Waals surface area contributed by atoms with Crippen molar-refractivity contribution in [2.75, 3.05) is 20.6 Å². The topological polar surface area (TPSA) is 233 Å². The van der Waals surface area contributed by atoms with Crippen molar-refractivity contribution < 1.29 is 47.0 Å². The summed E-state index contributed by atoms with van der Waals surface area (Å²) in [5.74, 6) is -3.33. The molecule has 1 aliphatic heterocycles. The fraction of sp³-hybridized carbons (Fsp3) is 0.611. The van der Waals surface area contributed by atoms with Crippen LogP contribution in [0, 0.1) is 11.8 Å². The zero-order valence-electron chi connectivity index (χ0n) is 31.9. The van der Waals surface area contributed by atoms with Crippen molar-refractivity contribution in [3.8, 4) is 6.01 Å². The van der Waals surface area contributed by atoms with Crippen LogP contribution in [0.15, 0.2) is 30.4 Å². The molecular formula is C36H53N7O10S. The second kappa shape index (κ2) is 17.2. The first kappa shape index (κ1) is 42.0. The van der Waals surface area contributed by atoms with Crippen LogP contribution in [0.2, 0.25) is 0 Å². The summed E-state index contributed by atoms with van der Waals surface area (Å²) in [6.07, 6.45) is 5.97. The number of carboxylic acids is 1. The van der Waals surface area contributed by atoms with Crippen LogP contribution in [0.5, 0.6) is 6.01 Å². The van der Waals surface area contributed by atoms with Crippen LogP contribution in [-0.2, 0) is 29.3 Å². The SMILES string of the molecule is CC(C)n1c(O[C@@H]2C[C@@H](C(N)=O)N(C(=O)[C@H](CCCCC/C=C\[C@@H]3C[C@@H]3C(=O)NS(=O)(=O)N(C)C)NC(=O)OC(C)(C)C)C2)nc2c(C(=O)O)cccc21. The number of unbranched alkanes of at least 4 members (excludes halogenated alkanes) is 3. The lowest BCUT2D eigenvalue weighted by atomic mass is 10.0. The van der Waals surface area contributed by atoms with Gasteiger partial charge < -0.3 is 30.5 Å². The summed E-state index contributed by atoms with van der Waals surface area (Å²) in [5.41, 5.74) is 5.77. The summed E-state index contributed by atoms with van der Waals surface area (Å²) in [7, 11) is -1.15. The number of primary amides is 1. The number of carbonyl (C=O) groups is 5. The first-order valence-electron chi connectivity index (χ1n) is 18.1. The fourth-order valence-corrected chi connectivity index (χ4v) is 6.97. The van der Waals surface area contributed by atoms with Gasteiger partial charge in [-0.3, -0.25) is 19.0 Å². The van der Waals surface area contributed by atoms with Crippen LogP contribution < -0.4 is 20.5 Å². The third kappa shape index (κ3) is 10.7. The molecule has 5 N–H and O–H groups in total. The van der Waals surface area contributed by atoms with Gasteiger partial charge in [0.1, 0.15) is 29.3 Å². The Labute approximate surface area is 315 Å². The number of hydrogen-bond donors (Lipinski definition) is 4. The van der Waals surface area contributed by atoms with E-state index in [1.54, 1.807) is 37.5 Å². The molecule has 5 atom stereocenters. The number of likely N-dealkylation sites (tertiary alicyclic amines) is 1. The zero-order chi connectivity index (χ0) is 40.1. The van der Waals surface area contributed by atoms with E-state index in [2.05, 4.69) is 15.0 Å². The molecule has 1 saturated carbocycles. The summed E-state index contributed by atoms with van der Waals surface area (Å²) in [6, 6.07) is 2.75. The second-order valence-corrected chi connectivity index (χ2v) is 17.1. The zero-order valence-corrected chi connectivity index (χ0v) is 32.7. The Morgan fingerprint density at radius 2 is 1.81 bits per heavy atom. The van der Waals surface area contributed by atoms with Crippen LogP contribution >= 0.6 is 0 Å². The lowest BCUT2D eigenvalue weighted by Crippen LogP contribution is -2.53. The minimum atomic E-state index is -3.83. The summed E-state index contributed by atoms with van der Waals surface area (Å²) in [6.45, 7) is 8.87. The van der Waals surface area contributed by atoms with Crippen molar-refractivity contribution in [3.63, 3.8) is 0 Å². The highest BCUT2D eigenvalue weighted by Gasteiger charge is 2.44. The van der Waals surface area contributed by atoms with Crippen molar-refractivity contribution in [2.45, 2.75) is 109 Å². The van der Waals surface area contributed by atoms with E-state index in [9.17, 15) is 37.5 Å². The van der Waals surface area contributed by atoms with E-state index in [0.29, 0.717) is 31.2 Å². The van der Waals surface area contributed by atoms with Gasteiger partial charge in [-0.15, -0.1) is 0 Å². The number of hydrogen-bond acceptors (Lipinski definition) is 10. The van der Waals surface area contributed by atoms with Crippen LogP contribution in [-0.4, -0.2) is 106 Å². The molecule has 0 unspecified atom stereocenters. The number of alkyl carbamates (subject to hydrolysis) is 1. The summed E-state index contributed by atoms with van der Waals surface area (Å²) in [5, 5.41) is 12.4. The smallest absolute Gasteiger partial charge is 0.408 e. The fourth-order valence-electron chi connectivity index (χ4n) is 6.38. The normalized spacial score (nSPS) is 20.7. The van der Waals surface area contributed by atoms with Gasteiger partial charge in [0.15, 0.2) is 0 Å². The van der Waals surface area contributed by atoms with E-state index in [0.717, 1.165) is 10.7 Å². The summed E-state index contributed by atoms with van der Waals surface area (Å²) >= 11 is 0. The Kier molecular flexibility index (Phi) is 13.4. The third-order valence-corrected chi connectivity index (χ3v) is 10.6. The van der Waals surface area contributed by atoms with Gasteiger partial charge in [-0.2, -0.15) is 17.7 Å². The predicted octanol–water partition coefficient (Wildman–Crippen LogP) is 3.11. The molecule has 2 aliphatic rings. The van der Waals surface area contributed by atoms with Gasteiger partial charge in [-0.05, 0) is 78.4 Å². The van der Waals surface area contributed by atoms with E-state index in [-0.39, 0.29) is 54.4 Å². The molecule has 18 heteroatoms. The summed E-state index contributed by atoms with van der Waals surface area (Å²) < 4.78 is 40.3. The molecule has 17 nitrogen and oxygen atoms in total. The van der Waals surface area contributed by atoms with Crippen LogP contribution in [0.1, 0.15) is 96.0 Å². The number of benzene rings is 1. The molecule has 2 heterocycles. The lowest BCUT2D eigenvalue weighted by Gasteiger charge is -2.28. The number of nitrogens with one attached hydrogen (secondary N) is 2. The minimum absolute atomic E-state index is 0.0124. The van der Waals surface area contributed by atoms with Gasteiger partial charge in [0.2, 0.25) is 17.7 Å². The van der Waals surface area contributed by atoms with Crippen molar-refractivity contribution in [3.05, 3.63) is 35.9 Å². The Balaban J connectivity index is 1.39. The van der Waals surface area contributed by atoms with Crippen molar-refractivity contribution >= 4 is 51.0 Å². The van der Waals surface area contributed by atoms with E-state index in [1.165, 1.54) is 25.1 Å². The molecule has 1 saturated heterocycles. The van der Waals surface area contributed by atoms with Gasteiger partial charge in [0, 0.05) is 32.5 Å². The molecule has 1 aromatic carbocycles. The number of carboxylic acid groups (broad SMARTS) is 1. The maximum Gasteiger partial charge on any atom is 0.408 e. The highest BCUT2D eigenvalue weighted by atomic mass is 32.2. The molecule has 54 heavy (non-hydrogen) atoms. The first-order valence-corrected chi connectivity index (χ1v) is 19.5. The Morgan fingerprint density at radius 1 is 1.11 bits per heavy atom. The number of rotatable bonds is 17. The molecule has 0 radical (unpaired) electrons. The van der Waals surface area contributed by atoms with E-state index in [1.807, 2.05) is 26.0 Å². The molecule has 1 aliphatic carbocycles. The van der Waals surface area contributed by atoms with Crippen molar-refractivity contribution in [1.29, 1.82) is 0 Å². The number of aromatic nitrogens is 2. The first-order chi connectivity index (χ1) is 25.2. The predicted molar refractivity (Wildman–Crippen MR) is 199 cm³/mol. The minimum Gasteiger partial charge on any atom is -0.478 e. The molecule has 2 aromatic rings. The third-order valence-electron chi connectivity index (χ3n) is 9.20. The van der Waals surface area contributed by atoms with Gasteiger partial charge in [-0.25, -0.2) is 14.3 Å². The van der Waals surface area contributed by atoms with E-state index < -0.39 is 63.8 Å². The van der Waals surface area contributed by atoms with Gasteiger partial charge >= 0.3 is 22.3 Å². The number of nitrogens with zero attached hydrogens (tertiary/aromatic N) is 4. The lowest BCUT2D eigenvalue weighted by molar-refractivity contribution is -0.139. The second-order valence-electron chi connectivity index (χ2n) is 15.2. The number of carbonyl (C=O) groups excluding carboxylic acids is 4. The Morgan fingerprint density at radius 3 is 2.43 bits per heavy atom. The Bertz CT molecular complexity index is 1870. The largest absolute Gasteiger partial charge is 0.478 e. The number of amides is 4. The number of fused-ring (bicyclic) bond motifs is 1. The van der Waals surface area contributed by atoms with E-state index >= 15 is 0 Å². The van der Waals surface area contributed by atoms with Gasteiger partial charge in [-0.1, -0.05) is 31.1 Å². The highest BCUT2D eigenvalue weighted by Crippen LogP contribution is 2.40. The molecule has 4 amide bonds. The molecular weight excluding hydrogens is 723 g/mol. The van der Waals surface area contributed by atoms with Crippen molar-refractivity contribution in [2.24, 2.45) is 17.6 Å². The average Bonchev–Trinajstić information content (AvgIpc) is 3.55. The van der Waals surface area contributed by atoms with Crippen LogP contribution in [0.3, 0.4) is 0 Å². The number of allylic oxidation sites excluding steroid dienone is 2. The Hall–Kier alpha value is -4.71. The summed E-state index contributed by atoms with van der Waals surface area (Å²) in [4.78, 5) is 69.6. The molecule has 0 bridgehead atoms. The molecule has 4 rings (SSSR count). The molecule has 298 valence electrons. The van der Waals surface area contributed by atoms with Gasteiger partial charge in [0.25, 0.3) is 6.01 Å². The number of nitrogens with two attached hydrogens (primary N) is 1. The number of aromatic carboxylic acids is 1. The number of ether oxygens (including phenoxy) is 2. The van der Waals surface area contributed by atoms with Crippen LogP contribution in [0.4, 0.5) is 4.79 Å². The average molecular weight is 776 g/mol.